The normalized spacial score (nSPS) is 27.5. The highest BCUT2D eigenvalue weighted by molar-refractivity contribution is 7.27. The molecule has 0 saturated heterocycles. The Morgan fingerprint density at radius 2 is 1.59 bits per heavy atom. The largest absolute Gasteiger partial charge is 0.106 e. The van der Waals surface area contributed by atoms with Gasteiger partial charge in [0.1, 0.15) is 0 Å². The molecule has 2 aliphatic rings. The molecule has 1 aromatic rings. The fourth-order valence-electron chi connectivity index (χ4n) is 4.08. The lowest BCUT2D eigenvalue weighted by atomic mass is 9.67. The van der Waals surface area contributed by atoms with Crippen LogP contribution in [0.3, 0.4) is 0 Å². The first kappa shape index (κ1) is 11.7. The van der Waals surface area contributed by atoms with Crippen molar-refractivity contribution in [3.05, 3.63) is 29.8 Å². The zero-order valence-corrected chi connectivity index (χ0v) is 11.8. The van der Waals surface area contributed by atoms with Crippen LogP contribution in [-0.4, -0.2) is 0 Å². The van der Waals surface area contributed by atoms with E-state index in [-0.39, 0.29) is 0 Å². The van der Waals surface area contributed by atoms with Crippen LogP contribution < -0.4 is 5.30 Å². The molecule has 2 unspecified atom stereocenters. The van der Waals surface area contributed by atoms with Gasteiger partial charge in [-0.2, -0.15) is 0 Å². The van der Waals surface area contributed by atoms with Gasteiger partial charge in [-0.1, -0.05) is 43.5 Å². The van der Waals surface area contributed by atoms with Crippen LogP contribution in [0.1, 0.15) is 62.8 Å². The van der Waals surface area contributed by atoms with E-state index in [0.29, 0.717) is 0 Å². The van der Waals surface area contributed by atoms with Crippen LogP contribution in [0.25, 0.3) is 0 Å². The maximum atomic E-state index is 2.78. The summed E-state index contributed by atoms with van der Waals surface area (Å²) in [4.78, 5) is 0. The molecule has 1 aromatic carbocycles. The van der Waals surface area contributed by atoms with Gasteiger partial charge in [0, 0.05) is 0 Å². The summed E-state index contributed by atoms with van der Waals surface area (Å²) in [6, 6.07) is 9.19. The molecule has 0 radical (unpaired) electrons. The lowest BCUT2D eigenvalue weighted by Gasteiger charge is -2.38. The summed E-state index contributed by atoms with van der Waals surface area (Å²) < 4.78 is 0. The van der Waals surface area contributed by atoms with Crippen molar-refractivity contribution >= 4 is 14.5 Å². The van der Waals surface area contributed by atoms with Crippen molar-refractivity contribution in [1.29, 1.82) is 0 Å². The summed E-state index contributed by atoms with van der Waals surface area (Å²) in [5, 5.41) is 1.31. The summed E-state index contributed by atoms with van der Waals surface area (Å²) >= 11 is 0. The average molecular weight is 246 g/mol. The molecule has 0 nitrogen and oxygen atoms in total. The molecule has 2 saturated carbocycles. The first-order valence-corrected chi connectivity index (χ1v) is 7.71. The molecule has 0 amide bonds. The number of hydrogen-bond donors (Lipinski definition) is 0. The Hall–Kier alpha value is -0.350. The van der Waals surface area contributed by atoms with Crippen molar-refractivity contribution in [3.8, 4) is 0 Å². The summed E-state index contributed by atoms with van der Waals surface area (Å²) in [5.74, 6) is 0.840. The van der Waals surface area contributed by atoms with Crippen molar-refractivity contribution in [1.82, 2.24) is 0 Å². The van der Waals surface area contributed by atoms with Crippen LogP contribution in [0.4, 0.5) is 0 Å². The quantitative estimate of drug-likeness (QED) is 0.644. The molecule has 0 aromatic heterocycles. The van der Waals surface area contributed by atoms with Crippen molar-refractivity contribution in [2.75, 3.05) is 0 Å². The Bertz CT molecular complexity index is 373. The fraction of sp³-hybridized carbons (Fsp3) is 0.625. The summed E-state index contributed by atoms with van der Waals surface area (Å²) in [5.41, 5.74) is 2.32. The maximum Gasteiger partial charge on any atom is -0.0157 e. The Kier molecular flexibility index (Phi) is 3.26. The predicted octanol–water partition coefficient (Wildman–Crippen LogP) is 4.41. The predicted molar refractivity (Wildman–Crippen MR) is 77.9 cm³/mol. The molecule has 0 aliphatic heterocycles. The lowest BCUT2D eigenvalue weighted by Crippen LogP contribution is -2.24. The van der Waals surface area contributed by atoms with Crippen molar-refractivity contribution < 1.29 is 0 Å². The smallest absolute Gasteiger partial charge is 0.0157 e. The molecule has 2 atom stereocenters. The Morgan fingerprint density at radius 1 is 0.941 bits per heavy atom. The van der Waals surface area contributed by atoms with Crippen LogP contribution in [0.2, 0.25) is 0 Å². The van der Waals surface area contributed by atoms with E-state index in [1.54, 1.807) is 5.56 Å². The molecule has 1 spiro atoms. The van der Waals surface area contributed by atoms with Gasteiger partial charge in [-0.15, -0.1) is 9.24 Å². The van der Waals surface area contributed by atoms with Crippen molar-refractivity contribution in [3.63, 3.8) is 0 Å². The summed E-state index contributed by atoms with van der Waals surface area (Å²) in [6.45, 7) is 0. The molecule has 17 heavy (non-hydrogen) atoms. The Morgan fingerprint density at radius 3 is 2.29 bits per heavy atom. The highest BCUT2D eigenvalue weighted by Gasteiger charge is 2.38. The van der Waals surface area contributed by atoms with Crippen LogP contribution in [0.5, 0.6) is 0 Å². The van der Waals surface area contributed by atoms with E-state index in [2.05, 4.69) is 33.5 Å². The Balaban J connectivity index is 1.77. The third-order valence-corrected chi connectivity index (χ3v) is 5.40. The van der Waals surface area contributed by atoms with Gasteiger partial charge >= 0.3 is 0 Å². The fourth-order valence-corrected chi connectivity index (χ4v) is 4.27. The molecule has 2 fully saturated rings. The molecule has 0 heterocycles. The highest BCUT2D eigenvalue weighted by atomic mass is 31.0. The average Bonchev–Trinajstić information content (AvgIpc) is 2.78. The number of rotatable bonds is 1. The first-order chi connectivity index (χ1) is 8.27. The monoisotopic (exact) mass is 246 g/mol. The molecular weight excluding hydrogens is 223 g/mol. The van der Waals surface area contributed by atoms with E-state index < -0.39 is 0 Å². The van der Waals surface area contributed by atoms with E-state index in [0.717, 1.165) is 11.3 Å². The van der Waals surface area contributed by atoms with E-state index in [1.165, 1.54) is 56.7 Å². The van der Waals surface area contributed by atoms with Crippen LogP contribution in [0, 0.1) is 5.41 Å². The molecule has 3 rings (SSSR count). The minimum Gasteiger partial charge on any atom is -0.106 e. The van der Waals surface area contributed by atoms with E-state index >= 15 is 0 Å². The summed E-state index contributed by atoms with van der Waals surface area (Å²) in [6.07, 6.45) is 11.8. The second-order valence-corrected chi connectivity index (χ2v) is 6.83. The molecule has 2 aliphatic carbocycles. The zero-order chi connectivity index (χ0) is 11.7. The van der Waals surface area contributed by atoms with E-state index in [9.17, 15) is 0 Å². The van der Waals surface area contributed by atoms with Crippen LogP contribution in [0.15, 0.2) is 24.3 Å². The van der Waals surface area contributed by atoms with Crippen LogP contribution >= 0.6 is 9.24 Å². The minimum atomic E-state index is 0.739. The molecule has 0 N–H and O–H groups in total. The SMILES string of the molecule is Pc1ccc(C2CCCC3(CCCC3)C2)cc1. The van der Waals surface area contributed by atoms with Gasteiger partial charge in [-0.25, -0.2) is 0 Å². The van der Waals surface area contributed by atoms with Gasteiger partial charge in [0.05, 0.1) is 0 Å². The third kappa shape index (κ3) is 2.43. The van der Waals surface area contributed by atoms with Crippen molar-refractivity contribution in [2.24, 2.45) is 5.41 Å². The topological polar surface area (TPSA) is 0 Å². The van der Waals surface area contributed by atoms with Gasteiger partial charge in [0.15, 0.2) is 0 Å². The molecule has 0 bridgehead atoms. The minimum absolute atomic E-state index is 0.739. The first-order valence-electron chi connectivity index (χ1n) is 7.13. The Labute approximate surface area is 107 Å². The van der Waals surface area contributed by atoms with E-state index in [1.807, 2.05) is 0 Å². The second-order valence-electron chi connectivity index (χ2n) is 6.17. The molecule has 92 valence electrons. The number of hydrogen-bond acceptors (Lipinski definition) is 0. The molecular formula is C16H23P. The number of benzene rings is 1. The second kappa shape index (κ2) is 4.73. The highest BCUT2D eigenvalue weighted by Crippen LogP contribution is 2.52. The van der Waals surface area contributed by atoms with Crippen LogP contribution in [-0.2, 0) is 0 Å². The molecule has 1 heteroatoms. The van der Waals surface area contributed by atoms with Gasteiger partial charge in [-0.3, -0.25) is 0 Å². The maximum absolute atomic E-state index is 2.78. The van der Waals surface area contributed by atoms with Crippen molar-refractivity contribution in [2.45, 2.75) is 57.3 Å². The van der Waals surface area contributed by atoms with Gasteiger partial charge in [0.2, 0.25) is 0 Å². The standard InChI is InChI=1S/C16H23P/c17-15-7-5-13(6-8-15)14-4-3-11-16(12-14)9-1-2-10-16/h5-8,14H,1-4,9-12,17H2. The third-order valence-electron chi connectivity index (χ3n) is 5.01. The summed E-state index contributed by atoms with van der Waals surface area (Å²) in [7, 11) is 2.78. The van der Waals surface area contributed by atoms with Gasteiger partial charge in [-0.05, 0) is 54.3 Å². The van der Waals surface area contributed by atoms with Gasteiger partial charge in [0.25, 0.3) is 0 Å². The lowest BCUT2D eigenvalue weighted by molar-refractivity contribution is 0.176. The van der Waals surface area contributed by atoms with Gasteiger partial charge < -0.3 is 0 Å². The zero-order valence-electron chi connectivity index (χ0n) is 10.6. The van der Waals surface area contributed by atoms with E-state index in [4.69, 9.17) is 0 Å².